The zero-order chi connectivity index (χ0) is 10.8. The maximum absolute atomic E-state index is 10.9. The van der Waals surface area contributed by atoms with Crippen LogP contribution < -0.4 is 0 Å². The van der Waals surface area contributed by atoms with Crippen molar-refractivity contribution in [2.45, 2.75) is 6.10 Å². The Balaban J connectivity index is 2.80. The van der Waals surface area contributed by atoms with Crippen molar-refractivity contribution in [2.24, 2.45) is 0 Å². The average Bonchev–Trinajstić information content (AvgIpc) is 2.02. The van der Waals surface area contributed by atoms with Crippen molar-refractivity contribution in [3.8, 4) is 5.75 Å². The number of aliphatic hydroxyl groups excluding tert-OH is 1. The molecule has 0 aliphatic heterocycles. The molecule has 1 rings (SSSR count). The van der Waals surface area contributed by atoms with Crippen molar-refractivity contribution in [1.82, 2.24) is 0 Å². The van der Waals surface area contributed by atoms with E-state index in [1.54, 1.807) is 0 Å². The van der Waals surface area contributed by atoms with E-state index in [2.05, 4.69) is 0 Å². The molecule has 1 aromatic rings. The lowest BCUT2D eigenvalue weighted by Crippen LogP contribution is -2.12. The molecule has 14 heavy (non-hydrogen) atoms. The predicted molar refractivity (Wildman–Crippen MR) is 52.8 cm³/mol. The smallest absolute Gasteiger partial charge is 0.150 e. The summed E-state index contributed by atoms with van der Waals surface area (Å²) in [6.07, 6.45) is 0.0296. The quantitative estimate of drug-likeness (QED) is 0.770. The molecular weight excluding hydrogens is 204 g/mol. The first-order chi connectivity index (χ1) is 6.38. The third-order valence-electron chi connectivity index (χ3n) is 1.74. The number of rotatable bonds is 3. The topological polar surface area (TPSA) is 74.6 Å². The largest absolute Gasteiger partial charge is 0.508 e. The van der Waals surface area contributed by atoms with Crippen molar-refractivity contribution >= 4 is 9.84 Å². The van der Waals surface area contributed by atoms with Gasteiger partial charge in [0.15, 0.2) is 0 Å². The summed E-state index contributed by atoms with van der Waals surface area (Å²) in [5, 5.41) is 18.5. The Morgan fingerprint density at radius 2 is 1.79 bits per heavy atom. The van der Waals surface area contributed by atoms with E-state index in [0.29, 0.717) is 5.56 Å². The lowest BCUT2D eigenvalue weighted by atomic mass is 10.1. The highest BCUT2D eigenvalue weighted by Gasteiger charge is 2.13. The minimum atomic E-state index is -3.19. The molecule has 2 N–H and O–H groups in total. The zero-order valence-corrected chi connectivity index (χ0v) is 8.53. The fourth-order valence-electron chi connectivity index (χ4n) is 1.08. The number of benzene rings is 1. The summed E-state index contributed by atoms with van der Waals surface area (Å²) in [6, 6.07) is 5.79. The fraction of sp³-hybridized carbons (Fsp3) is 0.333. The lowest BCUT2D eigenvalue weighted by Gasteiger charge is -2.09. The molecule has 0 heterocycles. The summed E-state index contributed by atoms with van der Waals surface area (Å²) in [5.74, 6) is -0.224. The number of aromatic hydroxyl groups is 1. The second-order valence-corrected chi connectivity index (χ2v) is 5.38. The highest BCUT2D eigenvalue weighted by atomic mass is 32.2. The molecule has 0 saturated heterocycles. The van der Waals surface area contributed by atoms with E-state index in [4.69, 9.17) is 5.11 Å². The average molecular weight is 216 g/mol. The molecule has 0 aromatic heterocycles. The molecule has 5 heteroatoms. The third-order valence-corrected chi connectivity index (χ3v) is 2.66. The van der Waals surface area contributed by atoms with Crippen LogP contribution in [0.2, 0.25) is 0 Å². The zero-order valence-electron chi connectivity index (χ0n) is 7.71. The Kier molecular flexibility index (Phi) is 3.13. The van der Waals surface area contributed by atoms with E-state index >= 15 is 0 Å². The number of sulfone groups is 1. The van der Waals surface area contributed by atoms with Gasteiger partial charge in [-0.25, -0.2) is 8.42 Å². The van der Waals surface area contributed by atoms with Crippen LogP contribution in [0.15, 0.2) is 24.3 Å². The highest BCUT2D eigenvalue weighted by Crippen LogP contribution is 2.17. The molecule has 78 valence electrons. The minimum Gasteiger partial charge on any atom is -0.508 e. The second-order valence-electron chi connectivity index (χ2n) is 3.20. The Hall–Kier alpha value is -1.07. The van der Waals surface area contributed by atoms with Gasteiger partial charge in [-0.3, -0.25) is 0 Å². The van der Waals surface area contributed by atoms with Crippen LogP contribution in [0, 0.1) is 0 Å². The molecule has 1 unspecified atom stereocenters. The summed E-state index contributed by atoms with van der Waals surface area (Å²) >= 11 is 0. The minimum absolute atomic E-state index is 0.0836. The van der Waals surface area contributed by atoms with Crippen molar-refractivity contribution in [3.63, 3.8) is 0 Å². The molecule has 0 aliphatic rings. The molecule has 1 atom stereocenters. The summed E-state index contributed by atoms with van der Waals surface area (Å²) < 4.78 is 21.7. The number of aliphatic hydroxyl groups is 1. The summed E-state index contributed by atoms with van der Waals surface area (Å²) in [6.45, 7) is 0. The Bertz CT molecular complexity index is 393. The van der Waals surface area contributed by atoms with Crippen LogP contribution in [0.1, 0.15) is 11.7 Å². The van der Waals surface area contributed by atoms with Crippen LogP contribution in [0.3, 0.4) is 0 Å². The number of hydrogen-bond acceptors (Lipinski definition) is 4. The maximum Gasteiger partial charge on any atom is 0.150 e. The molecule has 0 radical (unpaired) electrons. The molecule has 4 nitrogen and oxygen atoms in total. The van der Waals surface area contributed by atoms with Crippen molar-refractivity contribution in [1.29, 1.82) is 0 Å². The van der Waals surface area contributed by atoms with Gasteiger partial charge >= 0.3 is 0 Å². The van der Waals surface area contributed by atoms with Crippen molar-refractivity contribution < 1.29 is 18.6 Å². The number of hydrogen-bond donors (Lipinski definition) is 2. The van der Waals surface area contributed by atoms with Gasteiger partial charge in [0.1, 0.15) is 15.6 Å². The lowest BCUT2D eigenvalue weighted by molar-refractivity contribution is 0.202. The van der Waals surface area contributed by atoms with Gasteiger partial charge in [0, 0.05) is 6.26 Å². The van der Waals surface area contributed by atoms with E-state index in [1.807, 2.05) is 0 Å². The first-order valence-electron chi connectivity index (χ1n) is 4.03. The van der Waals surface area contributed by atoms with Crippen LogP contribution in [0.25, 0.3) is 0 Å². The van der Waals surface area contributed by atoms with Gasteiger partial charge in [0.2, 0.25) is 0 Å². The number of phenolic OH excluding ortho intramolecular Hbond substituents is 1. The van der Waals surface area contributed by atoms with E-state index < -0.39 is 15.9 Å². The van der Waals surface area contributed by atoms with Gasteiger partial charge in [-0.05, 0) is 17.7 Å². The summed E-state index contributed by atoms with van der Waals surface area (Å²) in [4.78, 5) is 0. The monoisotopic (exact) mass is 216 g/mol. The molecular formula is C9H12O4S. The Morgan fingerprint density at radius 1 is 1.29 bits per heavy atom. The second kappa shape index (κ2) is 3.98. The summed E-state index contributed by atoms with van der Waals surface area (Å²) in [5.41, 5.74) is 0.480. The molecule has 0 spiro atoms. The Morgan fingerprint density at radius 3 is 2.21 bits per heavy atom. The van der Waals surface area contributed by atoms with Gasteiger partial charge in [0.05, 0.1) is 11.9 Å². The Labute approximate surface area is 82.7 Å². The van der Waals surface area contributed by atoms with Crippen LogP contribution >= 0.6 is 0 Å². The maximum atomic E-state index is 10.9. The first kappa shape index (κ1) is 11.0. The van der Waals surface area contributed by atoms with Crippen molar-refractivity contribution in [2.75, 3.05) is 12.0 Å². The number of phenols is 1. The van der Waals surface area contributed by atoms with Gasteiger partial charge in [-0.2, -0.15) is 0 Å². The normalized spacial score (nSPS) is 13.9. The van der Waals surface area contributed by atoms with Gasteiger partial charge in [-0.1, -0.05) is 12.1 Å². The van der Waals surface area contributed by atoms with Crippen LogP contribution in [0.5, 0.6) is 5.75 Å². The van der Waals surface area contributed by atoms with E-state index in [1.165, 1.54) is 24.3 Å². The van der Waals surface area contributed by atoms with Crippen LogP contribution in [-0.4, -0.2) is 30.6 Å². The van der Waals surface area contributed by atoms with Gasteiger partial charge in [-0.15, -0.1) is 0 Å². The third kappa shape index (κ3) is 3.35. The molecule has 0 fully saturated rings. The van der Waals surface area contributed by atoms with E-state index in [9.17, 15) is 13.5 Å². The first-order valence-corrected chi connectivity index (χ1v) is 6.09. The van der Waals surface area contributed by atoms with Gasteiger partial charge in [0.25, 0.3) is 0 Å². The SMILES string of the molecule is CS(=O)(=O)CC(O)c1ccc(O)cc1. The van der Waals surface area contributed by atoms with Crippen LogP contribution in [-0.2, 0) is 9.84 Å². The molecule has 0 saturated carbocycles. The van der Waals surface area contributed by atoms with Gasteiger partial charge < -0.3 is 10.2 Å². The van der Waals surface area contributed by atoms with E-state index in [-0.39, 0.29) is 11.5 Å². The van der Waals surface area contributed by atoms with Crippen molar-refractivity contribution in [3.05, 3.63) is 29.8 Å². The molecule has 0 amide bonds. The predicted octanol–water partition coefficient (Wildman–Crippen LogP) is 0.470. The van der Waals surface area contributed by atoms with E-state index in [0.717, 1.165) is 6.26 Å². The fourth-order valence-corrected chi connectivity index (χ4v) is 1.85. The van der Waals surface area contributed by atoms with Crippen LogP contribution in [0.4, 0.5) is 0 Å². The molecule has 0 aliphatic carbocycles. The highest BCUT2D eigenvalue weighted by molar-refractivity contribution is 7.90. The standard InChI is InChI=1S/C9H12O4S/c1-14(12,13)6-9(11)7-2-4-8(10)5-3-7/h2-5,9-11H,6H2,1H3. The molecule has 0 bridgehead atoms. The molecule has 1 aromatic carbocycles. The summed E-state index contributed by atoms with van der Waals surface area (Å²) in [7, 11) is -3.19.